The van der Waals surface area contributed by atoms with E-state index in [1.165, 1.54) is 0 Å². The molecule has 1 amide bonds. The Labute approximate surface area is 109 Å². The molecule has 1 aromatic rings. The average molecular weight is 272 g/mol. The highest BCUT2D eigenvalue weighted by Gasteiger charge is 2.14. The zero-order valence-electron chi connectivity index (χ0n) is 9.81. The van der Waals surface area contributed by atoms with E-state index in [1.807, 2.05) is 0 Å². The van der Waals surface area contributed by atoms with Crippen molar-refractivity contribution in [2.24, 2.45) is 0 Å². The van der Waals surface area contributed by atoms with E-state index in [4.69, 9.17) is 21.8 Å². The van der Waals surface area contributed by atoms with E-state index >= 15 is 0 Å². The van der Waals surface area contributed by atoms with Crippen LogP contribution >= 0.6 is 11.6 Å². The normalized spacial score (nSPS) is 11.9. The van der Waals surface area contributed by atoms with E-state index in [-0.39, 0.29) is 18.9 Å². The van der Waals surface area contributed by atoms with Gasteiger partial charge in [-0.2, -0.15) is 0 Å². The smallest absolute Gasteiger partial charge is 0.332 e. The van der Waals surface area contributed by atoms with Crippen molar-refractivity contribution in [3.8, 4) is 0 Å². The monoisotopic (exact) mass is 271 g/mol. The standard InChI is InChI=1S/C12H14ClNO4/c1-7-2-3-8(13)6-9(7)11(16)14-5-4-10(15)12(17)18/h2-3,6,10,15H,4-5H2,1H3,(H,14,16)(H,17,18). The number of rotatable bonds is 5. The Morgan fingerprint density at radius 2 is 2.11 bits per heavy atom. The first-order valence-corrected chi connectivity index (χ1v) is 5.75. The van der Waals surface area contributed by atoms with E-state index in [9.17, 15) is 9.59 Å². The molecule has 6 heteroatoms. The minimum atomic E-state index is -1.47. The summed E-state index contributed by atoms with van der Waals surface area (Å²) in [4.78, 5) is 22.1. The van der Waals surface area contributed by atoms with Crippen LogP contribution in [0.3, 0.4) is 0 Å². The predicted octanol–water partition coefficient (Wildman–Crippen LogP) is 1.21. The Morgan fingerprint density at radius 3 is 2.72 bits per heavy atom. The molecule has 98 valence electrons. The molecule has 18 heavy (non-hydrogen) atoms. The summed E-state index contributed by atoms with van der Waals surface area (Å²) in [6, 6.07) is 4.95. The van der Waals surface area contributed by atoms with Gasteiger partial charge in [0.2, 0.25) is 0 Å². The van der Waals surface area contributed by atoms with Crippen molar-refractivity contribution in [2.45, 2.75) is 19.4 Å². The third-order valence-electron chi connectivity index (χ3n) is 2.43. The SMILES string of the molecule is Cc1ccc(Cl)cc1C(=O)NCCC(O)C(=O)O. The summed E-state index contributed by atoms with van der Waals surface area (Å²) in [5, 5.41) is 20.5. The minimum absolute atomic E-state index is 0.0410. The van der Waals surface area contributed by atoms with Crippen LogP contribution in [0, 0.1) is 6.92 Å². The lowest BCUT2D eigenvalue weighted by molar-refractivity contribution is -0.146. The molecule has 5 nitrogen and oxygen atoms in total. The van der Waals surface area contributed by atoms with Crippen molar-refractivity contribution in [1.29, 1.82) is 0 Å². The molecule has 1 aromatic carbocycles. The van der Waals surface area contributed by atoms with Gasteiger partial charge < -0.3 is 15.5 Å². The summed E-state index contributed by atoms with van der Waals surface area (Å²) >= 11 is 5.79. The third kappa shape index (κ3) is 4.01. The number of aliphatic carboxylic acids is 1. The quantitative estimate of drug-likeness (QED) is 0.751. The molecule has 1 unspecified atom stereocenters. The first-order valence-electron chi connectivity index (χ1n) is 5.37. The number of carbonyl (C=O) groups excluding carboxylic acids is 1. The predicted molar refractivity (Wildman–Crippen MR) is 66.8 cm³/mol. The molecule has 0 aliphatic carbocycles. The highest BCUT2D eigenvalue weighted by Crippen LogP contribution is 2.15. The second kappa shape index (κ2) is 6.37. The van der Waals surface area contributed by atoms with E-state index < -0.39 is 12.1 Å². The number of amides is 1. The molecule has 0 radical (unpaired) electrons. The van der Waals surface area contributed by atoms with Gasteiger partial charge in [0, 0.05) is 23.6 Å². The molecule has 0 spiro atoms. The van der Waals surface area contributed by atoms with Gasteiger partial charge >= 0.3 is 5.97 Å². The van der Waals surface area contributed by atoms with Crippen molar-refractivity contribution in [3.63, 3.8) is 0 Å². The Kier molecular flexibility index (Phi) is 5.12. The molecule has 3 N–H and O–H groups in total. The maximum Gasteiger partial charge on any atom is 0.332 e. The molecule has 0 saturated heterocycles. The van der Waals surface area contributed by atoms with Crippen molar-refractivity contribution in [2.75, 3.05) is 6.54 Å². The maximum absolute atomic E-state index is 11.8. The molecule has 0 fully saturated rings. The van der Waals surface area contributed by atoms with Gasteiger partial charge in [0.15, 0.2) is 6.10 Å². The van der Waals surface area contributed by atoms with Crippen molar-refractivity contribution in [3.05, 3.63) is 34.3 Å². The van der Waals surface area contributed by atoms with Crippen LogP contribution in [0.5, 0.6) is 0 Å². The second-order valence-corrected chi connectivity index (χ2v) is 4.29. The summed E-state index contributed by atoms with van der Waals surface area (Å²) < 4.78 is 0. The van der Waals surface area contributed by atoms with Gasteiger partial charge in [-0.15, -0.1) is 0 Å². The van der Waals surface area contributed by atoms with Gasteiger partial charge in [-0.05, 0) is 24.6 Å². The summed E-state index contributed by atoms with van der Waals surface area (Å²) in [6.07, 6.45) is -1.51. The lowest BCUT2D eigenvalue weighted by atomic mass is 10.1. The second-order valence-electron chi connectivity index (χ2n) is 3.86. The highest BCUT2D eigenvalue weighted by molar-refractivity contribution is 6.31. The number of nitrogens with one attached hydrogen (secondary N) is 1. The fourth-order valence-corrected chi connectivity index (χ4v) is 1.55. The number of aliphatic hydroxyl groups excluding tert-OH is 1. The first kappa shape index (κ1) is 14.5. The van der Waals surface area contributed by atoms with E-state index in [0.29, 0.717) is 10.6 Å². The van der Waals surface area contributed by atoms with Crippen LogP contribution in [0.15, 0.2) is 18.2 Å². The molecular weight excluding hydrogens is 258 g/mol. The zero-order valence-corrected chi connectivity index (χ0v) is 10.6. The molecule has 0 aliphatic heterocycles. The van der Waals surface area contributed by atoms with Crippen LogP contribution in [0.2, 0.25) is 5.02 Å². The molecule has 0 heterocycles. The topological polar surface area (TPSA) is 86.6 Å². The summed E-state index contributed by atoms with van der Waals surface area (Å²) in [5.41, 5.74) is 1.21. The summed E-state index contributed by atoms with van der Waals surface area (Å²) in [6.45, 7) is 1.86. The molecule has 0 saturated carbocycles. The number of hydrogen-bond donors (Lipinski definition) is 3. The lowest BCUT2D eigenvalue weighted by Crippen LogP contribution is -2.30. The summed E-state index contributed by atoms with van der Waals surface area (Å²) in [5.74, 6) is -1.64. The van der Waals surface area contributed by atoms with Crippen LogP contribution in [-0.2, 0) is 4.79 Å². The minimum Gasteiger partial charge on any atom is -0.479 e. The van der Waals surface area contributed by atoms with Gasteiger partial charge in [-0.1, -0.05) is 17.7 Å². The number of carboxylic acids is 1. The Morgan fingerprint density at radius 1 is 1.44 bits per heavy atom. The third-order valence-corrected chi connectivity index (χ3v) is 2.67. The number of halogens is 1. The van der Waals surface area contributed by atoms with E-state index in [2.05, 4.69) is 5.32 Å². The van der Waals surface area contributed by atoms with Gasteiger partial charge in [0.1, 0.15) is 0 Å². The number of aliphatic hydroxyl groups is 1. The van der Waals surface area contributed by atoms with Gasteiger partial charge in [-0.3, -0.25) is 4.79 Å². The maximum atomic E-state index is 11.8. The van der Waals surface area contributed by atoms with E-state index in [1.54, 1.807) is 25.1 Å². The molecule has 0 aromatic heterocycles. The van der Waals surface area contributed by atoms with Crippen LogP contribution < -0.4 is 5.32 Å². The van der Waals surface area contributed by atoms with Crippen LogP contribution in [0.4, 0.5) is 0 Å². The highest BCUT2D eigenvalue weighted by atomic mass is 35.5. The number of benzene rings is 1. The number of hydrogen-bond acceptors (Lipinski definition) is 3. The Balaban J connectivity index is 2.55. The molecule has 0 aliphatic rings. The Bertz CT molecular complexity index is 461. The molecule has 0 bridgehead atoms. The average Bonchev–Trinajstić information content (AvgIpc) is 2.31. The largest absolute Gasteiger partial charge is 0.479 e. The van der Waals surface area contributed by atoms with Crippen LogP contribution in [0.25, 0.3) is 0 Å². The zero-order chi connectivity index (χ0) is 13.7. The van der Waals surface area contributed by atoms with Crippen molar-refractivity contribution in [1.82, 2.24) is 5.32 Å². The molecule has 1 atom stereocenters. The lowest BCUT2D eigenvalue weighted by Gasteiger charge is -2.09. The number of carboxylic acid groups (broad SMARTS) is 1. The number of aryl methyl sites for hydroxylation is 1. The van der Waals surface area contributed by atoms with E-state index in [0.717, 1.165) is 5.56 Å². The van der Waals surface area contributed by atoms with Crippen molar-refractivity contribution < 1.29 is 19.8 Å². The van der Waals surface area contributed by atoms with Gasteiger partial charge in [0.25, 0.3) is 5.91 Å². The van der Waals surface area contributed by atoms with Gasteiger partial charge in [0.05, 0.1) is 0 Å². The summed E-state index contributed by atoms with van der Waals surface area (Å²) in [7, 11) is 0. The fraction of sp³-hybridized carbons (Fsp3) is 0.333. The van der Waals surface area contributed by atoms with Crippen LogP contribution in [0.1, 0.15) is 22.3 Å². The Hall–Kier alpha value is -1.59. The van der Waals surface area contributed by atoms with Crippen molar-refractivity contribution >= 4 is 23.5 Å². The molecule has 1 rings (SSSR count). The van der Waals surface area contributed by atoms with Crippen LogP contribution in [-0.4, -0.2) is 34.7 Å². The number of carbonyl (C=O) groups is 2. The molecular formula is C12H14ClNO4. The first-order chi connectivity index (χ1) is 8.41. The van der Waals surface area contributed by atoms with Gasteiger partial charge in [-0.25, -0.2) is 4.79 Å². The fourth-order valence-electron chi connectivity index (χ4n) is 1.38.